The second kappa shape index (κ2) is 7.17. The SMILES string of the molecule is CN(CCc1cccc2ccccc12)C(=O)CC1CC2CCC(C1)N2. The molecule has 2 atom stereocenters. The van der Waals surface area contributed by atoms with E-state index in [1.54, 1.807) is 0 Å². The van der Waals surface area contributed by atoms with Gasteiger partial charge in [0, 0.05) is 32.1 Å². The lowest BCUT2D eigenvalue weighted by Gasteiger charge is -2.30. The summed E-state index contributed by atoms with van der Waals surface area (Å²) in [7, 11) is 1.96. The maximum Gasteiger partial charge on any atom is 0.222 e. The summed E-state index contributed by atoms with van der Waals surface area (Å²) < 4.78 is 0. The van der Waals surface area contributed by atoms with Crippen LogP contribution in [-0.2, 0) is 11.2 Å². The van der Waals surface area contributed by atoms with Crippen LogP contribution in [0.5, 0.6) is 0 Å². The highest BCUT2D eigenvalue weighted by molar-refractivity contribution is 5.85. The van der Waals surface area contributed by atoms with Crippen molar-refractivity contribution < 1.29 is 4.79 Å². The molecule has 0 radical (unpaired) electrons. The van der Waals surface area contributed by atoms with Gasteiger partial charge in [0.1, 0.15) is 0 Å². The van der Waals surface area contributed by atoms with Gasteiger partial charge in [-0.1, -0.05) is 42.5 Å². The number of piperidine rings is 1. The average molecular weight is 336 g/mol. The predicted molar refractivity (Wildman–Crippen MR) is 103 cm³/mol. The van der Waals surface area contributed by atoms with Gasteiger partial charge >= 0.3 is 0 Å². The number of hydrogen-bond donors (Lipinski definition) is 1. The molecule has 0 aromatic heterocycles. The van der Waals surface area contributed by atoms with Crippen molar-refractivity contribution in [2.75, 3.05) is 13.6 Å². The highest BCUT2D eigenvalue weighted by Crippen LogP contribution is 2.33. The molecule has 132 valence electrons. The molecule has 0 saturated carbocycles. The topological polar surface area (TPSA) is 32.3 Å². The molecule has 1 N–H and O–H groups in total. The Morgan fingerprint density at radius 2 is 1.80 bits per heavy atom. The van der Waals surface area contributed by atoms with Crippen molar-refractivity contribution in [3.63, 3.8) is 0 Å². The number of hydrogen-bond acceptors (Lipinski definition) is 2. The predicted octanol–water partition coefficient (Wildman–Crippen LogP) is 3.76. The maximum absolute atomic E-state index is 12.6. The van der Waals surface area contributed by atoms with Crippen LogP contribution in [-0.4, -0.2) is 36.5 Å². The van der Waals surface area contributed by atoms with E-state index in [4.69, 9.17) is 0 Å². The van der Waals surface area contributed by atoms with Gasteiger partial charge in [0.05, 0.1) is 0 Å². The molecule has 0 aliphatic carbocycles. The lowest BCUT2D eigenvalue weighted by atomic mass is 9.89. The molecule has 2 aliphatic heterocycles. The Morgan fingerprint density at radius 3 is 2.60 bits per heavy atom. The molecule has 2 saturated heterocycles. The molecule has 3 heteroatoms. The second-order valence-corrected chi connectivity index (χ2v) is 7.88. The van der Waals surface area contributed by atoms with E-state index in [-0.39, 0.29) is 0 Å². The number of rotatable bonds is 5. The smallest absolute Gasteiger partial charge is 0.222 e. The summed E-state index contributed by atoms with van der Waals surface area (Å²) >= 11 is 0. The van der Waals surface area contributed by atoms with Gasteiger partial charge in [0.15, 0.2) is 0 Å². The van der Waals surface area contributed by atoms with Gasteiger partial charge in [-0.3, -0.25) is 4.79 Å². The average Bonchev–Trinajstić information content (AvgIpc) is 2.98. The van der Waals surface area contributed by atoms with Gasteiger partial charge in [0.25, 0.3) is 0 Å². The van der Waals surface area contributed by atoms with Crippen LogP contribution in [0.3, 0.4) is 0 Å². The van der Waals surface area contributed by atoms with Gasteiger partial charge in [0.2, 0.25) is 5.91 Å². The highest BCUT2D eigenvalue weighted by atomic mass is 16.2. The molecule has 2 aromatic carbocycles. The van der Waals surface area contributed by atoms with Gasteiger partial charge in [-0.25, -0.2) is 0 Å². The van der Waals surface area contributed by atoms with Crippen molar-refractivity contribution in [3.05, 3.63) is 48.0 Å². The van der Waals surface area contributed by atoms with Gasteiger partial charge in [-0.15, -0.1) is 0 Å². The first-order valence-electron chi connectivity index (χ1n) is 9.65. The number of amides is 1. The Labute approximate surface area is 150 Å². The largest absolute Gasteiger partial charge is 0.345 e. The van der Waals surface area contributed by atoms with E-state index in [0.717, 1.165) is 19.4 Å². The molecule has 2 bridgehead atoms. The zero-order chi connectivity index (χ0) is 17.2. The van der Waals surface area contributed by atoms with Crippen molar-refractivity contribution in [1.29, 1.82) is 0 Å². The van der Waals surface area contributed by atoms with E-state index in [1.807, 2.05) is 11.9 Å². The lowest BCUT2D eigenvalue weighted by Crippen LogP contribution is -2.40. The summed E-state index contributed by atoms with van der Waals surface area (Å²) in [6, 6.07) is 16.3. The Bertz CT molecular complexity index is 739. The summed E-state index contributed by atoms with van der Waals surface area (Å²) in [5.41, 5.74) is 1.33. The number of fused-ring (bicyclic) bond motifs is 3. The molecule has 25 heavy (non-hydrogen) atoms. The first-order chi connectivity index (χ1) is 12.2. The van der Waals surface area contributed by atoms with Crippen LogP contribution in [0.1, 0.15) is 37.7 Å². The fourth-order valence-electron chi connectivity index (χ4n) is 4.67. The van der Waals surface area contributed by atoms with Crippen LogP contribution in [0.25, 0.3) is 10.8 Å². The standard InChI is InChI=1S/C22H28N2O/c1-24(22(25)15-16-13-19-9-10-20(14-16)23-19)12-11-18-7-4-6-17-5-2-3-8-21(17)18/h2-8,16,19-20,23H,9-15H2,1H3. The Kier molecular flexibility index (Phi) is 4.76. The van der Waals surface area contributed by atoms with Gasteiger partial charge in [-0.2, -0.15) is 0 Å². The monoisotopic (exact) mass is 336 g/mol. The van der Waals surface area contributed by atoms with Crippen LogP contribution in [0.15, 0.2) is 42.5 Å². The minimum absolute atomic E-state index is 0.312. The van der Waals surface area contributed by atoms with Gasteiger partial charge in [-0.05, 0) is 54.4 Å². The highest BCUT2D eigenvalue weighted by Gasteiger charge is 2.34. The van der Waals surface area contributed by atoms with E-state index < -0.39 is 0 Å². The van der Waals surface area contributed by atoms with Crippen molar-refractivity contribution in [2.45, 2.75) is 50.6 Å². The molecule has 2 aliphatic rings. The summed E-state index contributed by atoms with van der Waals surface area (Å²) in [6.07, 6.45) is 6.60. The molecule has 3 nitrogen and oxygen atoms in total. The second-order valence-electron chi connectivity index (χ2n) is 7.88. The van der Waals surface area contributed by atoms with E-state index >= 15 is 0 Å². The fourth-order valence-corrected chi connectivity index (χ4v) is 4.67. The summed E-state index contributed by atoms with van der Waals surface area (Å²) in [5, 5.41) is 6.24. The van der Waals surface area contributed by atoms with Crippen LogP contribution in [0.2, 0.25) is 0 Å². The normalized spacial score (nSPS) is 25.2. The Balaban J connectivity index is 1.33. The molecular formula is C22H28N2O. The maximum atomic E-state index is 12.6. The van der Waals surface area contributed by atoms with Crippen molar-refractivity contribution >= 4 is 16.7 Å². The number of carbonyl (C=O) groups is 1. The molecule has 2 unspecified atom stereocenters. The number of likely N-dealkylation sites (N-methyl/N-ethyl adjacent to an activating group) is 1. The molecule has 1 amide bonds. The zero-order valence-corrected chi connectivity index (χ0v) is 15.1. The first kappa shape index (κ1) is 16.6. The van der Waals surface area contributed by atoms with Crippen LogP contribution in [0, 0.1) is 5.92 Å². The number of nitrogens with zero attached hydrogens (tertiary/aromatic N) is 1. The number of carbonyl (C=O) groups excluding carboxylic acids is 1. The van der Waals surface area contributed by atoms with Crippen molar-refractivity contribution in [3.8, 4) is 0 Å². The third-order valence-corrected chi connectivity index (χ3v) is 6.06. The molecular weight excluding hydrogens is 308 g/mol. The fraction of sp³-hybridized carbons (Fsp3) is 0.500. The Morgan fingerprint density at radius 1 is 1.08 bits per heavy atom. The molecule has 2 heterocycles. The minimum atomic E-state index is 0.312. The molecule has 4 rings (SSSR count). The van der Waals surface area contributed by atoms with E-state index in [9.17, 15) is 4.79 Å². The van der Waals surface area contributed by atoms with Gasteiger partial charge < -0.3 is 10.2 Å². The zero-order valence-electron chi connectivity index (χ0n) is 15.1. The molecule has 0 spiro atoms. The van der Waals surface area contributed by atoms with E-state index in [1.165, 1.54) is 42.0 Å². The van der Waals surface area contributed by atoms with Crippen molar-refractivity contribution in [2.24, 2.45) is 5.92 Å². The first-order valence-corrected chi connectivity index (χ1v) is 9.65. The number of benzene rings is 2. The van der Waals surface area contributed by atoms with Crippen LogP contribution < -0.4 is 5.32 Å². The molecule has 2 fully saturated rings. The summed E-state index contributed by atoms with van der Waals surface area (Å²) in [6.45, 7) is 0.796. The van der Waals surface area contributed by atoms with Crippen LogP contribution >= 0.6 is 0 Å². The number of nitrogens with one attached hydrogen (secondary N) is 1. The third kappa shape index (κ3) is 3.72. The Hall–Kier alpha value is -1.87. The molecule has 2 aromatic rings. The summed E-state index contributed by atoms with van der Waals surface area (Å²) in [4.78, 5) is 14.6. The quantitative estimate of drug-likeness (QED) is 0.901. The third-order valence-electron chi connectivity index (χ3n) is 6.06. The lowest BCUT2D eigenvalue weighted by molar-refractivity contribution is -0.131. The van der Waals surface area contributed by atoms with Crippen LogP contribution in [0.4, 0.5) is 0 Å². The minimum Gasteiger partial charge on any atom is -0.345 e. The van der Waals surface area contributed by atoms with E-state index in [2.05, 4.69) is 47.8 Å². The van der Waals surface area contributed by atoms with Crippen molar-refractivity contribution in [1.82, 2.24) is 10.2 Å². The summed E-state index contributed by atoms with van der Waals surface area (Å²) in [5.74, 6) is 0.887. The van der Waals surface area contributed by atoms with E-state index in [0.29, 0.717) is 23.9 Å².